The molecule has 0 aliphatic carbocycles. The number of hydrogen-bond acceptors (Lipinski definition) is 2. The van der Waals surface area contributed by atoms with E-state index in [1.54, 1.807) is 18.2 Å². The number of aromatic hydroxyl groups is 1. The molecule has 60 valence electrons. The Balaban J connectivity index is 2.99. The minimum atomic E-state index is -0.210. The van der Waals surface area contributed by atoms with Crippen molar-refractivity contribution in [1.82, 2.24) is 0 Å². The molecule has 2 heteroatoms. The molecule has 2 nitrogen and oxygen atoms in total. The van der Waals surface area contributed by atoms with Gasteiger partial charge in [0.2, 0.25) is 5.78 Å². The number of Topliss-reactive ketones (excluding diaryl/α,β-unsaturated/α-hetero) is 1. The van der Waals surface area contributed by atoms with Crippen LogP contribution in [0.1, 0.15) is 12.5 Å². The van der Waals surface area contributed by atoms with Crippen molar-refractivity contribution in [3.05, 3.63) is 29.8 Å². The van der Waals surface area contributed by atoms with Crippen LogP contribution in [0.5, 0.6) is 5.75 Å². The molecule has 0 heterocycles. The molecular formula is C10H8O2. The van der Waals surface area contributed by atoms with Crippen LogP contribution in [0.4, 0.5) is 0 Å². The summed E-state index contributed by atoms with van der Waals surface area (Å²) in [6.07, 6.45) is 0. The first-order valence-corrected chi connectivity index (χ1v) is 3.51. The predicted molar refractivity (Wildman–Crippen MR) is 45.7 cm³/mol. The molecule has 0 amide bonds. The number of carbonyl (C=O) groups excluding carboxylic acids is 1. The molecule has 12 heavy (non-hydrogen) atoms. The molecule has 1 N–H and O–H groups in total. The Morgan fingerprint density at radius 2 is 2.08 bits per heavy atom. The summed E-state index contributed by atoms with van der Waals surface area (Å²) >= 11 is 0. The molecule has 0 aliphatic heterocycles. The minimum absolute atomic E-state index is 0.103. The lowest BCUT2D eigenvalue weighted by Crippen LogP contribution is -1.82. The fourth-order valence-electron chi connectivity index (χ4n) is 0.735. The van der Waals surface area contributed by atoms with Crippen LogP contribution in [0, 0.1) is 11.8 Å². The molecule has 0 bridgehead atoms. The topological polar surface area (TPSA) is 37.3 Å². The SMILES string of the molecule is CC(=O)C#Cc1ccccc1O. The molecule has 0 saturated carbocycles. The van der Waals surface area contributed by atoms with Crippen molar-refractivity contribution in [2.24, 2.45) is 0 Å². The van der Waals surface area contributed by atoms with E-state index in [1.807, 2.05) is 0 Å². The van der Waals surface area contributed by atoms with Crippen molar-refractivity contribution in [3.63, 3.8) is 0 Å². The summed E-state index contributed by atoms with van der Waals surface area (Å²) in [7, 11) is 0. The first kappa shape index (κ1) is 8.35. The number of benzene rings is 1. The summed E-state index contributed by atoms with van der Waals surface area (Å²) < 4.78 is 0. The number of phenols is 1. The third-order valence-electron chi connectivity index (χ3n) is 1.28. The number of hydrogen-bond donors (Lipinski definition) is 1. The van der Waals surface area contributed by atoms with Crippen LogP contribution in [-0.2, 0) is 4.79 Å². The van der Waals surface area contributed by atoms with Gasteiger partial charge in [0.15, 0.2) is 0 Å². The van der Waals surface area contributed by atoms with Crippen molar-refractivity contribution >= 4 is 5.78 Å². The summed E-state index contributed by atoms with van der Waals surface area (Å²) in [5.41, 5.74) is 0.479. The van der Waals surface area contributed by atoms with E-state index in [2.05, 4.69) is 11.8 Å². The quantitative estimate of drug-likeness (QED) is 0.581. The fraction of sp³-hybridized carbons (Fsp3) is 0.100. The van der Waals surface area contributed by atoms with Crippen molar-refractivity contribution in [2.75, 3.05) is 0 Å². The highest BCUT2D eigenvalue weighted by Crippen LogP contribution is 2.13. The number of ketones is 1. The summed E-state index contributed by atoms with van der Waals surface area (Å²) in [5, 5.41) is 9.21. The van der Waals surface area contributed by atoms with Crippen LogP contribution >= 0.6 is 0 Å². The Hall–Kier alpha value is -1.75. The zero-order chi connectivity index (χ0) is 8.97. The maximum Gasteiger partial charge on any atom is 0.202 e. The molecule has 0 unspecified atom stereocenters. The fourth-order valence-corrected chi connectivity index (χ4v) is 0.735. The highest BCUT2D eigenvalue weighted by atomic mass is 16.3. The smallest absolute Gasteiger partial charge is 0.202 e. The maximum absolute atomic E-state index is 10.5. The van der Waals surface area contributed by atoms with E-state index in [1.165, 1.54) is 13.0 Å². The second-order valence-corrected chi connectivity index (χ2v) is 2.32. The molecule has 0 saturated heterocycles. The maximum atomic E-state index is 10.5. The van der Waals surface area contributed by atoms with E-state index < -0.39 is 0 Å². The molecule has 0 aliphatic rings. The van der Waals surface area contributed by atoms with Crippen LogP contribution in [-0.4, -0.2) is 10.9 Å². The highest BCUT2D eigenvalue weighted by Gasteiger charge is 1.93. The lowest BCUT2D eigenvalue weighted by atomic mass is 10.2. The van der Waals surface area contributed by atoms with E-state index in [9.17, 15) is 9.90 Å². The molecule has 0 radical (unpaired) electrons. The highest BCUT2D eigenvalue weighted by molar-refractivity contribution is 5.93. The summed E-state index contributed by atoms with van der Waals surface area (Å²) in [6, 6.07) is 6.65. The Morgan fingerprint density at radius 1 is 1.42 bits per heavy atom. The number of carbonyl (C=O) groups is 1. The van der Waals surface area contributed by atoms with E-state index in [-0.39, 0.29) is 11.5 Å². The Labute approximate surface area is 70.8 Å². The van der Waals surface area contributed by atoms with Gasteiger partial charge in [-0.3, -0.25) is 4.79 Å². The zero-order valence-electron chi connectivity index (χ0n) is 6.66. The number of phenolic OH excluding ortho intramolecular Hbond substituents is 1. The monoisotopic (exact) mass is 160 g/mol. The average Bonchev–Trinajstić information content (AvgIpc) is 2.03. The molecule has 1 aromatic rings. The second-order valence-electron chi connectivity index (χ2n) is 2.32. The second kappa shape index (κ2) is 3.59. The van der Waals surface area contributed by atoms with Crippen LogP contribution < -0.4 is 0 Å². The molecule has 0 atom stereocenters. The number of rotatable bonds is 0. The largest absolute Gasteiger partial charge is 0.507 e. The Morgan fingerprint density at radius 3 is 2.67 bits per heavy atom. The van der Waals surface area contributed by atoms with Crippen LogP contribution in [0.2, 0.25) is 0 Å². The number of para-hydroxylation sites is 1. The van der Waals surface area contributed by atoms with Crippen molar-refractivity contribution in [1.29, 1.82) is 0 Å². The lowest BCUT2D eigenvalue weighted by Gasteiger charge is -1.92. The van der Waals surface area contributed by atoms with Gasteiger partial charge in [0.05, 0.1) is 5.56 Å². The van der Waals surface area contributed by atoms with Gasteiger partial charge in [-0.1, -0.05) is 18.1 Å². The first-order valence-electron chi connectivity index (χ1n) is 3.51. The molecule has 1 rings (SSSR count). The summed E-state index contributed by atoms with van der Waals surface area (Å²) in [4.78, 5) is 10.5. The van der Waals surface area contributed by atoms with Crippen LogP contribution in [0.15, 0.2) is 24.3 Å². The van der Waals surface area contributed by atoms with Gasteiger partial charge in [-0.25, -0.2) is 0 Å². The molecular weight excluding hydrogens is 152 g/mol. The third kappa shape index (κ3) is 2.14. The normalized spacial score (nSPS) is 8.42. The molecule has 0 spiro atoms. The van der Waals surface area contributed by atoms with Crippen molar-refractivity contribution < 1.29 is 9.90 Å². The van der Waals surface area contributed by atoms with Gasteiger partial charge in [0.1, 0.15) is 5.75 Å². The van der Waals surface area contributed by atoms with Gasteiger partial charge >= 0.3 is 0 Å². The van der Waals surface area contributed by atoms with Gasteiger partial charge in [-0.05, 0) is 18.1 Å². The molecule has 1 aromatic carbocycles. The van der Waals surface area contributed by atoms with Gasteiger partial charge in [0.25, 0.3) is 0 Å². The minimum Gasteiger partial charge on any atom is -0.507 e. The molecule has 0 aromatic heterocycles. The van der Waals surface area contributed by atoms with E-state index >= 15 is 0 Å². The van der Waals surface area contributed by atoms with E-state index in [0.29, 0.717) is 5.56 Å². The summed E-state index contributed by atoms with van der Waals surface area (Å²) in [6.45, 7) is 1.38. The van der Waals surface area contributed by atoms with Gasteiger partial charge in [-0.15, -0.1) is 0 Å². The van der Waals surface area contributed by atoms with Gasteiger partial charge in [-0.2, -0.15) is 0 Å². The zero-order valence-corrected chi connectivity index (χ0v) is 6.66. The third-order valence-corrected chi connectivity index (χ3v) is 1.28. The lowest BCUT2D eigenvalue weighted by molar-refractivity contribution is -0.111. The Bertz CT molecular complexity index is 356. The summed E-state index contributed by atoms with van der Waals surface area (Å²) in [5.74, 6) is 4.81. The van der Waals surface area contributed by atoms with Crippen LogP contribution in [0.3, 0.4) is 0 Å². The molecule has 0 fully saturated rings. The van der Waals surface area contributed by atoms with Crippen molar-refractivity contribution in [2.45, 2.75) is 6.92 Å². The van der Waals surface area contributed by atoms with E-state index in [0.717, 1.165) is 0 Å². The first-order chi connectivity index (χ1) is 5.70. The van der Waals surface area contributed by atoms with Crippen molar-refractivity contribution in [3.8, 4) is 17.6 Å². The average molecular weight is 160 g/mol. The van der Waals surface area contributed by atoms with E-state index in [4.69, 9.17) is 0 Å². The van der Waals surface area contributed by atoms with Crippen LogP contribution in [0.25, 0.3) is 0 Å². The standard InChI is InChI=1S/C10H8O2/c1-8(11)6-7-9-4-2-3-5-10(9)12/h2-5,12H,1H3. The van der Waals surface area contributed by atoms with Gasteiger partial charge in [0, 0.05) is 6.92 Å². The predicted octanol–water partition coefficient (Wildman–Crippen LogP) is 1.33. The van der Waals surface area contributed by atoms with Gasteiger partial charge < -0.3 is 5.11 Å². The Kier molecular flexibility index (Phi) is 2.49.